The summed E-state index contributed by atoms with van der Waals surface area (Å²) in [4.78, 5) is 35.6. The molecule has 1 aliphatic heterocycles. The lowest BCUT2D eigenvalue weighted by Gasteiger charge is -2.32. The van der Waals surface area contributed by atoms with Crippen LogP contribution in [-0.4, -0.2) is 66.9 Å². The van der Waals surface area contributed by atoms with Gasteiger partial charge in [-0.3, -0.25) is 14.3 Å². The Hall–Kier alpha value is -5.93. The number of anilines is 2. The minimum Gasteiger partial charge on any atom is -0.386 e. The molecule has 0 amide bonds. The fourth-order valence-electron chi connectivity index (χ4n) is 5.58. The predicted octanol–water partition coefficient (Wildman–Crippen LogP) is 4.12. The maximum absolute atomic E-state index is 10.8. The maximum Gasteiger partial charge on any atom is 0.234 e. The van der Waals surface area contributed by atoms with Crippen molar-refractivity contribution in [2.75, 3.05) is 31.2 Å². The summed E-state index contributed by atoms with van der Waals surface area (Å²) in [6.45, 7) is 2.73. The number of carbonyl (C=O) groups excluding carboxylic acids is 1. The molecule has 1 saturated heterocycles. The van der Waals surface area contributed by atoms with Crippen LogP contribution in [-0.2, 0) is 11.3 Å². The molecule has 0 aliphatic carbocycles. The number of nitrogens with two attached hydrogens (primary N) is 1. The van der Waals surface area contributed by atoms with Gasteiger partial charge in [-0.1, -0.05) is 18.2 Å². The van der Waals surface area contributed by atoms with Crippen LogP contribution in [0.25, 0.3) is 33.9 Å². The van der Waals surface area contributed by atoms with Crippen molar-refractivity contribution in [1.82, 2.24) is 39.7 Å². The van der Waals surface area contributed by atoms with Crippen molar-refractivity contribution in [3.63, 3.8) is 0 Å². The van der Waals surface area contributed by atoms with Gasteiger partial charge in [0.2, 0.25) is 5.82 Å². The van der Waals surface area contributed by atoms with Crippen LogP contribution in [0, 0.1) is 11.3 Å². The molecule has 5 aromatic rings. The summed E-state index contributed by atoms with van der Waals surface area (Å²) in [6, 6.07) is 20.1. The molecule has 230 valence electrons. The van der Waals surface area contributed by atoms with E-state index >= 15 is 0 Å². The third-order valence-corrected chi connectivity index (χ3v) is 7.88. The molecule has 0 bridgehead atoms. The number of hydrogen-bond donors (Lipinski definition) is 3. The highest BCUT2D eigenvalue weighted by molar-refractivity contribution is 5.84. The molecule has 0 saturated carbocycles. The molecule has 46 heavy (non-hydrogen) atoms. The Bertz CT molecular complexity index is 1950. The zero-order chi connectivity index (χ0) is 31.9. The van der Waals surface area contributed by atoms with Crippen LogP contribution in [0.4, 0.5) is 11.6 Å². The number of rotatable bonds is 10. The molecule has 0 atom stereocenters. The zero-order valence-electron chi connectivity index (χ0n) is 25.3. The summed E-state index contributed by atoms with van der Waals surface area (Å²) in [7, 11) is 1.81. The van der Waals surface area contributed by atoms with Gasteiger partial charge in [0, 0.05) is 50.8 Å². The quantitative estimate of drug-likeness (QED) is 0.118. The number of nitrogen functional groups attached to an aromatic ring is 1. The topological polar surface area (TPSA) is 164 Å². The van der Waals surface area contributed by atoms with Gasteiger partial charge < -0.3 is 16.4 Å². The van der Waals surface area contributed by atoms with Crippen LogP contribution in [0.5, 0.6) is 0 Å². The number of fused-ring (bicyclic) bond motifs is 1. The van der Waals surface area contributed by atoms with Crippen molar-refractivity contribution in [3.8, 4) is 23.1 Å². The van der Waals surface area contributed by atoms with Crippen molar-refractivity contribution < 1.29 is 4.79 Å². The summed E-state index contributed by atoms with van der Waals surface area (Å²) in [6.07, 6.45) is 10.9. The number of carbonyl (C=O) groups is 1. The van der Waals surface area contributed by atoms with Gasteiger partial charge >= 0.3 is 0 Å². The first-order chi connectivity index (χ1) is 22.6. The predicted molar refractivity (Wildman–Crippen MR) is 177 cm³/mol. The van der Waals surface area contributed by atoms with E-state index in [-0.39, 0.29) is 5.82 Å². The average molecular weight is 612 g/mol. The highest BCUT2D eigenvalue weighted by atomic mass is 16.1. The molecule has 0 spiro atoms. The second-order valence-corrected chi connectivity index (χ2v) is 10.8. The van der Waals surface area contributed by atoms with Crippen LogP contribution >= 0.6 is 0 Å². The Labute approximate surface area is 266 Å². The summed E-state index contributed by atoms with van der Waals surface area (Å²) in [5.41, 5.74) is 12.0. The summed E-state index contributed by atoms with van der Waals surface area (Å²) in [5, 5.41) is 15.7. The average Bonchev–Trinajstić information content (AvgIpc) is 3.47. The van der Waals surface area contributed by atoms with Gasteiger partial charge in [0.1, 0.15) is 29.5 Å². The first kappa shape index (κ1) is 30.1. The Kier molecular flexibility index (Phi) is 9.03. The van der Waals surface area contributed by atoms with E-state index in [2.05, 4.69) is 54.8 Å². The van der Waals surface area contributed by atoms with Crippen molar-refractivity contribution >= 4 is 34.8 Å². The molecule has 1 aromatic carbocycles. The third-order valence-electron chi connectivity index (χ3n) is 7.88. The minimum atomic E-state index is 0.171. The largest absolute Gasteiger partial charge is 0.386 e. The number of imidazole rings is 1. The van der Waals surface area contributed by atoms with E-state index in [0.29, 0.717) is 45.9 Å². The van der Waals surface area contributed by atoms with E-state index in [1.54, 1.807) is 30.6 Å². The van der Waals surface area contributed by atoms with Crippen LogP contribution in [0.3, 0.4) is 0 Å². The molecule has 4 N–H and O–H groups in total. The molecular weight excluding hydrogens is 578 g/mol. The smallest absolute Gasteiger partial charge is 0.234 e. The van der Waals surface area contributed by atoms with E-state index in [0.717, 1.165) is 50.1 Å². The number of likely N-dealkylation sites (tertiary alicyclic amines) is 1. The Morgan fingerprint density at radius 3 is 2.59 bits per heavy atom. The number of hydrogen-bond acceptors (Lipinski definition) is 11. The van der Waals surface area contributed by atoms with E-state index in [9.17, 15) is 4.79 Å². The molecule has 4 aromatic heterocycles. The zero-order valence-corrected chi connectivity index (χ0v) is 25.3. The van der Waals surface area contributed by atoms with Crippen molar-refractivity contribution in [2.24, 2.45) is 0 Å². The summed E-state index contributed by atoms with van der Waals surface area (Å²) < 4.78 is 2.01. The van der Waals surface area contributed by atoms with Gasteiger partial charge in [-0.05, 0) is 73.0 Å². The molecule has 1 aliphatic rings. The number of nitrogens with one attached hydrogen (secondary N) is 2. The molecule has 12 nitrogen and oxygen atoms in total. The molecule has 5 heterocycles. The lowest BCUT2D eigenvalue weighted by atomic mass is 10.0. The standard InChI is InChI=1S/C34H33N11O/c1-37-27(6-2-3-20-46)28-11-12-29-34(41-28)45(33(42-29)26-5-4-16-39-32(26)36)25-9-7-23(8-10-25)22-44-18-14-24(15-19-44)40-30-13-17-38-31(21-35)43-30/h2-13,16-17,20,24,37H,14-15,18-19,22H2,1H3,(H2,36,39)(H,38,40,43)/b3-2-,27-6-. The molecule has 0 radical (unpaired) electrons. The monoisotopic (exact) mass is 611 g/mol. The molecule has 0 unspecified atom stereocenters. The second kappa shape index (κ2) is 13.8. The number of nitrogens with zero attached hydrogens (tertiary/aromatic N) is 8. The molecule has 12 heteroatoms. The van der Waals surface area contributed by atoms with Gasteiger partial charge in [-0.25, -0.2) is 24.9 Å². The number of aromatic nitrogens is 6. The van der Waals surface area contributed by atoms with Crippen LogP contribution < -0.4 is 16.4 Å². The molecular formula is C34H33N11O. The Morgan fingerprint density at radius 2 is 1.85 bits per heavy atom. The number of piperidine rings is 1. The maximum atomic E-state index is 10.8. The van der Waals surface area contributed by atoms with Gasteiger partial charge in [-0.15, -0.1) is 0 Å². The van der Waals surface area contributed by atoms with Crippen molar-refractivity contribution in [3.05, 3.63) is 102 Å². The van der Waals surface area contributed by atoms with E-state index < -0.39 is 0 Å². The van der Waals surface area contributed by atoms with Crippen LogP contribution in [0.15, 0.2) is 85.2 Å². The van der Waals surface area contributed by atoms with E-state index in [4.69, 9.17) is 21.0 Å². The van der Waals surface area contributed by atoms with Crippen molar-refractivity contribution in [1.29, 1.82) is 5.26 Å². The highest BCUT2D eigenvalue weighted by Gasteiger charge is 2.21. The van der Waals surface area contributed by atoms with E-state index in [1.807, 2.05) is 41.9 Å². The number of benzene rings is 1. The minimum absolute atomic E-state index is 0.171. The fourth-order valence-corrected chi connectivity index (χ4v) is 5.58. The summed E-state index contributed by atoms with van der Waals surface area (Å²) in [5.74, 6) is 1.89. The second-order valence-electron chi connectivity index (χ2n) is 10.8. The summed E-state index contributed by atoms with van der Waals surface area (Å²) >= 11 is 0. The van der Waals surface area contributed by atoms with Crippen LogP contribution in [0.2, 0.25) is 0 Å². The Balaban J connectivity index is 1.24. The van der Waals surface area contributed by atoms with Crippen molar-refractivity contribution in [2.45, 2.75) is 25.4 Å². The Morgan fingerprint density at radius 1 is 1.02 bits per heavy atom. The first-order valence-electron chi connectivity index (χ1n) is 15.0. The number of pyridine rings is 2. The third kappa shape index (κ3) is 6.59. The number of allylic oxidation sites excluding steroid dienone is 3. The lowest BCUT2D eigenvalue weighted by Crippen LogP contribution is -2.38. The fraction of sp³-hybridized carbons (Fsp3) is 0.206. The van der Waals surface area contributed by atoms with Gasteiger partial charge in [0.25, 0.3) is 0 Å². The van der Waals surface area contributed by atoms with Gasteiger partial charge in [-0.2, -0.15) is 5.26 Å². The highest BCUT2D eigenvalue weighted by Crippen LogP contribution is 2.31. The number of nitriles is 1. The first-order valence-corrected chi connectivity index (χ1v) is 15.0. The molecule has 1 fully saturated rings. The van der Waals surface area contributed by atoms with Gasteiger partial charge in [0.15, 0.2) is 11.5 Å². The number of aldehydes is 1. The SMILES string of the molecule is CN/C(=C\C=C/C=O)c1ccc2nc(-c3cccnc3N)n(-c3ccc(CN4CCC(Nc5ccnc(C#N)n5)CC4)cc3)c2n1. The molecule has 6 rings (SSSR count). The van der Waals surface area contributed by atoms with Gasteiger partial charge in [0.05, 0.1) is 17.0 Å². The van der Waals surface area contributed by atoms with Crippen LogP contribution in [0.1, 0.15) is 29.9 Å². The van der Waals surface area contributed by atoms with E-state index in [1.165, 1.54) is 11.6 Å². The lowest BCUT2D eigenvalue weighted by molar-refractivity contribution is -0.104. The normalized spacial score (nSPS) is 14.4.